The van der Waals surface area contributed by atoms with Crippen LogP contribution in [0.15, 0.2) is 0 Å². The number of nitrogens with two attached hydrogens (primary N) is 2. The van der Waals surface area contributed by atoms with E-state index in [1.165, 1.54) is 6.42 Å². The Bertz CT molecular complexity index is 295. The third-order valence-electron chi connectivity index (χ3n) is 3.96. The van der Waals surface area contributed by atoms with Gasteiger partial charge in [-0.2, -0.15) is 0 Å². The van der Waals surface area contributed by atoms with Crippen LogP contribution in [0.2, 0.25) is 0 Å². The van der Waals surface area contributed by atoms with Gasteiger partial charge in [0.15, 0.2) is 0 Å². The van der Waals surface area contributed by atoms with Gasteiger partial charge in [-0.3, -0.25) is 4.79 Å². The molecule has 5 heteroatoms. The second kappa shape index (κ2) is 12.5. The molecule has 0 bridgehead atoms. The van der Waals surface area contributed by atoms with Gasteiger partial charge in [-0.25, -0.2) is 4.79 Å². The number of hydrogen-bond acceptors (Lipinski definition) is 2. The summed E-state index contributed by atoms with van der Waals surface area (Å²) in [6.07, 6.45) is 9.35. The van der Waals surface area contributed by atoms with Crippen LogP contribution in [0.5, 0.6) is 0 Å². The molecule has 5 N–H and O–H groups in total. The van der Waals surface area contributed by atoms with Crippen molar-refractivity contribution in [1.82, 2.24) is 5.32 Å². The number of amides is 3. The first kappa shape index (κ1) is 19.7. The molecular weight excluding hydrogens is 266 g/mol. The molecule has 0 saturated carbocycles. The minimum absolute atomic E-state index is 0.0853. The van der Waals surface area contributed by atoms with Crippen LogP contribution in [0.25, 0.3) is 0 Å². The van der Waals surface area contributed by atoms with E-state index in [-0.39, 0.29) is 17.7 Å². The summed E-state index contributed by atoms with van der Waals surface area (Å²) in [5, 5.41) is 2.67. The summed E-state index contributed by atoms with van der Waals surface area (Å²) in [7, 11) is 0. The zero-order chi connectivity index (χ0) is 16.1. The van der Waals surface area contributed by atoms with Crippen LogP contribution in [-0.4, -0.2) is 18.5 Å². The Hall–Kier alpha value is -1.26. The summed E-state index contributed by atoms with van der Waals surface area (Å²) in [4.78, 5) is 22.5. The second-order valence-corrected chi connectivity index (χ2v) is 5.94. The van der Waals surface area contributed by atoms with Crippen molar-refractivity contribution in [1.29, 1.82) is 0 Å². The van der Waals surface area contributed by atoms with Gasteiger partial charge in [0, 0.05) is 12.5 Å². The second-order valence-electron chi connectivity index (χ2n) is 5.94. The summed E-state index contributed by atoms with van der Waals surface area (Å²) in [6.45, 7) is 4.84. The highest BCUT2D eigenvalue weighted by Gasteiger charge is 2.21. The minimum atomic E-state index is -0.503. The topological polar surface area (TPSA) is 98.2 Å². The number of unbranched alkanes of at least 4 members (excludes halogenated alkanes) is 4. The molecule has 0 fully saturated rings. The molecule has 124 valence electrons. The normalized spacial score (nSPS) is 13.6. The molecule has 3 amide bonds. The Balaban J connectivity index is 4.39. The first-order valence-corrected chi connectivity index (χ1v) is 8.33. The van der Waals surface area contributed by atoms with E-state index >= 15 is 0 Å². The van der Waals surface area contributed by atoms with Crippen LogP contribution in [-0.2, 0) is 4.79 Å². The number of primary amides is 2. The van der Waals surface area contributed by atoms with E-state index in [1.807, 2.05) is 0 Å². The number of nitrogens with one attached hydrogen (secondary N) is 1. The number of carbonyl (C=O) groups is 2. The van der Waals surface area contributed by atoms with E-state index in [0.29, 0.717) is 6.54 Å². The third-order valence-corrected chi connectivity index (χ3v) is 3.96. The van der Waals surface area contributed by atoms with Crippen LogP contribution in [0.1, 0.15) is 71.6 Å². The molecule has 0 saturated heterocycles. The lowest BCUT2D eigenvalue weighted by atomic mass is 9.86. The van der Waals surface area contributed by atoms with E-state index in [2.05, 4.69) is 19.2 Å². The average molecular weight is 299 g/mol. The summed E-state index contributed by atoms with van der Waals surface area (Å²) in [6, 6.07) is -0.503. The fourth-order valence-electron chi connectivity index (χ4n) is 2.65. The maximum atomic E-state index is 11.6. The minimum Gasteiger partial charge on any atom is -0.369 e. The quantitative estimate of drug-likeness (QED) is 0.456. The van der Waals surface area contributed by atoms with E-state index in [9.17, 15) is 9.59 Å². The predicted molar refractivity (Wildman–Crippen MR) is 86.7 cm³/mol. The fraction of sp³-hybridized carbons (Fsp3) is 0.875. The SMILES string of the molecule is CCCCC[C@H](CNC(N)=O)C[C@H](CCCCC)C(N)=O. The Morgan fingerprint density at radius 2 is 1.52 bits per heavy atom. The third kappa shape index (κ3) is 11.1. The van der Waals surface area contributed by atoms with E-state index in [4.69, 9.17) is 11.5 Å². The van der Waals surface area contributed by atoms with Gasteiger partial charge in [-0.1, -0.05) is 52.4 Å². The first-order valence-electron chi connectivity index (χ1n) is 8.33. The lowest BCUT2D eigenvalue weighted by Gasteiger charge is -2.22. The number of rotatable bonds is 13. The Morgan fingerprint density at radius 1 is 0.952 bits per heavy atom. The van der Waals surface area contributed by atoms with Crippen molar-refractivity contribution >= 4 is 11.9 Å². The molecule has 21 heavy (non-hydrogen) atoms. The highest BCUT2D eigenvalue weighted by molar-refractivity contribution is 5.76. The molecule has 2 atom stereocenters. The number of carbonyl (C=O) groups excluding carboxylic acids is 2. The van der Waals surface area contributed by atoms with Gasteiger partial charge in [0.05, 0.1) is 0 Å². The average Bonchev–Trinajstić information content (AvgIpc) is 2.43. The molecule has 0 heterocycles. The largest absolute Gasteiger partial charge is 0.369 e. The lowest BCUT2D eigenvalue weighted by molar-refractivity contribution is -0.122. The first-order chi connectivity index (χ1) is 10.0. The van der Waals surface area contributed by atoms with Crippen molar-refractivity contribution in [3.63, 3.8) is 0 Å². The molecule has 0 aromatic rings. The Morgan fingerprint density at radius 3 is 2.00 bits per heavy atom. The fourth-order valence-corrected chi connectivity index (χ4v) is 2.65. The maximum Gasteiger partial charge on any atom is 0.312 e. The summed E-state index contributed by atoms with van der Waals surface area (Å²) >= 11 is 0. The van der Waals surface area contributed by atoms with Crippen LogP contribution >= 0.6 is 0 Å². The molecule has 0 aliphatic carbocycles. The van der Waals surface area contributed by atoms with Crippen LogP contribution in [0.4, 0.5) is 4.79 Å². The van der Waals surface area contributed by atoms with Crippen LogP contribution < -0.4 is 16.8 Å². The zero-order valence-electron chi connectivity index (χ0n) is 13.7. The van der Waals surface area contributed by atoms with Crippen molar-refractivity contribution in [2.24, 2.45) is 23.3 Å². The van der Waals surface area contributed by atoms with E-state index < -0.39 is 6.03 Å². The Kier molecular flexibility index (Phi) is 11.7. The molecule has 0 aliphatic heterocycles. The van der Waals surface area contributed by atoms with Gasteiger partial charge in [0.25, 0.3) is 0 Å². The van der Waals surface area contributed by atoms with Crippen molar-refractivity contribution in [3.05, 3.63) is 0 Å². The van der Waals surface area contributed by atoms with Crippen molar-refractivity contribution < 1.29 is 9.59 Å². The molecule has 0 aliphatic rings. The van der Waals surface area contributed by atoms with Gasteiger partial charge in [-0.05, 0) is 25.2 Å². The maximum absolute atomic E-state index is 11.6. The van der Waals surface area contributed by atoms with Gasteiger partial charge >= 0.3 is 6.03 Å². The van der Waals surface area contributed by atoms with E-state index in [1.54, 1.807) is 0 Å². The molecule has 0 unspecified atom stereocenters. The monoisotopic (exact) mass is 299 g/mol. The zero-order valence-corrected chi connectivity index (χ0v) is 13.7. The highest BCUT2D eigenvalue weighted by atomic mass is 16.2. The van der Waals surface area contributed by atoms with Crippen molar-refractivity contribution in [2.75, 3.05) is 6.54 Å². The standard InChI is InChI=1S/C16H33N3O2/c1-3-5-7-9-13(12-19-16(18)21)11-14(15(17)20)10-8-6-4-2/h13-14H,3-12H2,1-2H3,(H2,17,20)(H3,18,19,21)/t13-,14-/m0/s1. The summed E-state index contributed by atoms with van der Waals surface area (Å²) < 4.78 is 0. The van der Waals surface area contributed by atoms with Gasteiger partial charge < -0.3 is 16.8 Å². The Labute approximate surface area is 129 Å². The van der Waals surface area contributed by atoms with E-state index in [0.717, 1.165) is 51.4 Å². The van der Waals surface area contributed by atoms with Gasteiger partial charge in [-0.15, -0.1) is 0 Å². The molecule has 0 aromatic carbocycles. The van der Waals surface area contributed by atoms with Crippen LogP contribution in [0.3, 0.4) is 0 Å². The van der Waals surface area contributed by atoms with Gasteiger partial charge in [0.2, 0.25) is 5.91 Å². The molecule has 0 aromatic heterocycles. The lowest BCUT2D eigenvalue weighted by Crippen LogP contribution is -2.35. The van der Waals surface area contributed by atoms with Crippen molar-refractivity contribution in [2.45, 2.75) is 71.6 Å². The smallest absolute Gasteiger partial charge is 0.312 e. The van der Waals surface area contributed by atoms with Crippen LogP contribution in [0, 0.1) is 11.8 Å². The molecule has 0 spiro atoms. The predicted octanol–water partition coefficient (Wildman–Crippen LogP) is 2.92. The summed E-state index contributed by atoms with van der Waals surface area (Å²) in [5.74, 6) is -0.0216. The summed E-state index contributed by atoms with van der Waals surface area (Å²) in [5.41, 5.74) is 10.7. The molecular formula is C16H33N3O2. The van der Waals surface area contributed by atoms with Gasteiger partial charge in [0.1, 0.15) is 0 Å². The number of hydrogen-bond donors (Lipinski definition) is 3. The highest BCUT2D eigenvalue weighted by Crippen LogP contribution is 2.22. The number of urea groups is 1. The van der Waals surface area contributed by atoms with Crippen molar-refractivity contribution in [3.8, 4) is 0 Å². The molecule has 0 rings (SSSR count). The molecule has 0 radical (unpaired) electrons. The molecule has 5 nitrogen and oxygen atoms in total.